The van der Waals surface area contributed by atoms with Crippen molar-refractivity contribution < 1.29 is 23.6 Å². The van der Waals surface area contributed by atoms with Crippen LogP contribution in [0.25, 0.3) is 0 Å². The van der Waals surface area contributed by atoms with Crippen LogP contribution in [-0.2, 0) is 10.8 Å². The second-order valence-corrected chi connectivity index (χ2v) is 7.24. The third-order valence-electron chi connectivity index (χ3n) is 3.46. The van der Waals surface area contributed by atoms with E-state index in [0.717, 1.165) is 11.3 Å². The van der Waals surface area contributed by atoms with Crippen LogP contribution in [-0.4, -0.2) is 40.0 Å². The molecule has 0 aliphatic carbocycles. The Labute approximate surface area is 150 Å². The normalized spacial score (nSPS) is 11.7. The zero-order valence-corrected chi connectivity index (χ0v) is 15.0. The Morgan fingerprint density at radius 3 is 2.40 bits per heavy atom. The molecule has 0 aliphatic rings. The van der Waals surface area contributed by atoms with Crippen LogP contribution in [0.1, 0.15) is 22.3 Å². The first-order chi connectivity index (χ1) is 12.0. The van der Waals surface area contributed by atoms with E-state index >= 15 is 0 Å². The molecule has 2 rings (SSSR count). The molecule has 25 heavy (non-hydrogen) atoms. The number of benzene rings is 2. The number of carboxylic acids is 1. The van der Waals surface area contributed by atoms with Crippen molar-refractivity contribution in [2.24, 2.45) is 0 Å². The van der Waals surface area contributed by atoms with Gasteiger partial charge in [-0.05, 0) is 55.3 Å². The largest absolute Gasteiger partial charge is 0.494 e. The molecule has 1 N–H and O–H groups in total. The Bertz CT molecular complexity index is 712. The molecule has 0 heterocycles. The van der Waals surface area contributed by atoms with Crippen LogP contribution in [0.5, 0.6) is 11.5 Å². The minimum absolute atomic E-state index is 0.224. The van der Waals surface area contributed by atoms with Gasteiger partial charge >= 0.3 is 5.97 Å². The summed E-state index contributed by atoms with van der Waals surface area (Å²) in [7, 11) is -0.949. The standard InChI is InChI=1S/C19H22O5S/c1-15-4-2-5-18(14-15)24-11-13-25(22)12-3-10-23-17-8-6-16(7-9-17)19(20)21/h2,4-9,14H,3,10-13H2,1H3,(H,20,21). The van der Waals surface area contributed by atoms with Gasteiger partial charge in [0.25, 0.3) is 0 Å². The van der Waals surface area contributed by atoms with Crippen molar-refractivity contribution in [3.05, 3.63) is 59.7 Å². The molecule has 5 nitrogen and oxygen atoms in total. The van der Waals surface area contributed by atoms with Crippen molar-refractivity contribution in [1.82, 2.24) is 0 Å². The van der Waals surface area contributed by atoms with E-state index in [1.165, 1.54) is 12.1 Å². The number of hydrogen-bond donors (Lipinski definition) is 1. The second-order valence-electron chi connectivity index (χ2n) is 5.54. The van der Waals surface area contributed by atoms with Crippen molar-refractivity contribution in [3.8, 4) is 11.5 Å². The minimum atomic E-state index is -0.963. The average molecular weight is 362 g/mol. The van der Waals surface area contributed by atoms with E-state index in [2.05, 4.69) is 0 Å². The summed E-state index contributed by atoms with van der Waals surface area (Å²) < 4.78 is 23.1. The molecular formula is C19H22O5S. The van der Waals surface area contributed by atoms with Crippen LogP contribution < -0.4 is 9.47 Å². The molecule has 134 valence electrons. The molecule has 6 heteroatoms. The third-order valence-corrected chi connectivity index (χ3v) is 4.82. The van der Waals surface area contributed by atoms with E-state index in [1.807, 2.05) is 31.2 Å². The van der Waals surface area contributed by atoms with Crippen LogP contribution in [0, 0.1) is 6.92 Å². The maximum atomic E-state index is 11.9. The first-order valence-corrected chi connectivity index (χ1v) is 9.54. The molecule has 0 saturated heterocycles. The summed E-state index contributed by atoms with van der Waals surface area (Å²) in [5.41, 5.74) is 1.36. The quantitative estimate of drug-likeness (QED) is 0.657. The van der Waals surface area contributed by atoms with E-state index in [9.17, 15) is 9.00 Å². The average Bonchev–Trinajstić information content (AvgIpc) is 2.59. The summed E-state index contributed by atoms with van der Waals surface area (Å²) in [4.78, 5) is 10.8. The van der Waals surface area contributed by atoms with Gasteiger partial charge in [-0.2, -0.15) is 0 Å². The lowest BCUT2D eigenvalue weighted by atomic mass is 10.2. The summed E-state index contributed by atoms with van der Waals surface area (Å²) in [5.74, 6) is 1.48. The molecule has 0 bridgehead atoms. The van der Waals surface area contributed by atoms with Crippen molar-refractivity contribution in [2.75, 3.05) is 24.7 Å². The Morgan fingerprint density at radius 1 is 1.00 bits per heavy atom. The lowest BCUT2D eigenvalue weighted by molar-refractivity contribution is 0.0697. The van der Waals surface area contributed by atoms with Gasteiger partial charge in [0, 0.05) is 16.6 Å². The number of carbonyl (C=O) groups is 1. The predicted octanol–water partition coefficient (Wildman–Crippen LogP) is 3.29. The zero-order chi connectivity index (χ0) is 18.1. The Hall–Kier alpha value is -2.34. The van der Waals surface area contributed by atoms with Gasteiger partial charge in [0.1, 0.15) is 11.5 Å². The lowest BCUT2D eigenvalue weighted by Gasteiger charge is -2.08. The summed E-state index contributed by atoms with van der Waals surface area (Å²) in [6.07, 6.45) is 0.664. The van der Waals surface area contributed by atoms with Crippen molar-refractivity contribution in [2.45, 2.75) is 13.3 Å². The molecule has 2 aromatic rings. The predicted molar refractivity (Wildman–Crippen MR) is 98.1 cm³/mol. The highest BCUT2D eigenvalue weighted by Crippen LogP contribution is 2.13. The van der Waals surface area contributed by atoms with Gasteiger partial charge in [-0.3, -0.25) is 4.21 Å². The lowest BCUT2D eigenvalue weighted by Crippen LogP contribution is -2.13. The van der Waals surface area contributed by atoms with Crippen LogP contribution in [0.15, 0.2) is 48.5 Å². The molecule has 0 aromatic heterocycles. The SMILES string of the molecule is Cc1cccc(OCCS(=O)CCCOc2ccc(C(=O)O)cc2)c1. The van der Waals surface area contributed by atoms with Gasteiger partial charge in [0.05, 0.1) is 24.5 Å². The topological polar surface area (TPSA) is 72.8 Å². The molecule has 0 saturated carbocycles. The van der Waals surface area contributed by atoms with E-state index < -0.39 is 16.8 Å². The Balaban J connectivity index is 1.59. The number of ether oxygens (including phenoxy) is 2. The fourth-order valence-corrected chi connectivity index (χ4v) is 3.08. The van der Waals surface area contributed by atoms with Crippen molar-refractivity contribution >= 4 is 16.8 Å². The number of rotatable bonds is 10. The van der Waals surface area contributed by atoms with E-state index in [1.54, 1.807) is 12.1 Å². The van der Waals surface area contributed by atoms with Gasteiger partial charge in [-0.15, -0.1) is 0 Å². The van der Waals surface area contributed by atoms with E-state index in [-0.39, 0.29) is 5.56 Å². The smallest absolute Gasteiger partial charge is 0.335 e. The fourth-order valence-electron chi connectivity index (χ4n) is 2.16. The van der Waals surface area contributed by atoms with Crippen LogP contribution >= 0.6 is 0 Å². The molecule has 1 unspecified atom stereocenters. The van der Waals surface area contributed by atoms with Crippen molar-refractivity contribution in [3.63, 3.8) is 0 Å². The molecule has 1 atom stereocenters. The van der Waals surface area contributed by atoms with Crippen LogP contribution in [0.3, 0.4) is 0 Å². The first kappa shape index (κ1) is 19.0. The zero-order valence-electron chi connectivity index (χ0n) is 14.1. The van der Waals surface area contributed by atoms with Gasteiger partial charge in [0.2, 0.25) is 0 Å². The summed E-state index contributed by atoms with van der Waals surface area (Å²) in [5, 5.41) is 8.82. The molecule has 0 radical (unpaired) electrons. The molecule has 0 spiro atoms. The molecule has 0 fully saturated rings. The highest BCUT2D eigenvalue weighted by Gasteiger charge is 2.04. The Morgan fingerprint density at radius 2 is 1.72 bits per heavy atom. The van der Waals surface area contributed by atoms with Crippen LogP contribution in [0.2, 0.25) is 0 Å². The van der Waals surface area contributed by atoms with Gasteiger partial charge in [0.15, 0.2) is 0 Å². The van der Waals surface area contributed by atoms with E-state index in [0.29, 0.717) is 36.9 Å². The van der Waals surface area contributed by atoms with Crippen LogP contribution in [0.4, 0.5) is 0 Å². The second kappa shape index (κ2) is 9.84. The highest BCUT2D eigenvalue weighted by atomic mass is 32.2. The number of hydrogen-bond acceptors (Lipinski definition) is 4. The summed E-state index contributed by atoms with van der Waals surface area (Å²) in [6, 6.07) is 14.0. The molecule has 0 aliphatic heterocycles. The summed E-state index contributed by atoms with van der Waals surface area (Å²) >= 11 is 0. The Kier molecular flexibility index (Phi) is 7.47. The van der Waals surface area contributed by atoms with Gasteiger partial charge < -0.3 is 14.6 Å². The van der Waals surface area contributed by atoms with Gasteiger partial charge in [-0.25, -0.2) is 4.79 Å². The number of aryl methyl sites for hydroxylation is 1. The van der Waals surface area contributed by atoms with E-state index in [4.69, 9.17) is 14.6 Å². The minimum Gasteiger partial charge on any atom is -0.494 e. The highest BCUT2D eigenvalue weighted by molar-refractivity contribution is 7.84. The number of aromatic carboxylic acids is 1. The maximum absolute atomic E-state index is 11.9. The number of carboxylic acid groups (broad SMARTS) is 1. The first-order valence-electron chi connectivity index (χ1n) is 8.05. The monoisotopic (exact) mass is 362 g/mol. The maximum Gasteiger partial charge on any atom is 0.335 e. The fraction of sp³-hybridized carbons (Fsp3) is 0.316. The molecule has 2 aromatic carbocycles. The molecular weight excluding hydrogens is 340 g/mol. The summed E-state index contributed by atoms with van der Waals surface area (Å²) in [6.45, 7) is 2.87. The van der Waals surface area contributed by atoms with Crippen molar-refractivity contribution in [1.29, 1.82) is 0 Å². The third kappa shape index (κ3) is 6.97. The molecule has 0 amide bonds. The van der Waals surface area contributed by atoms with Gasteiger partial charge in [-0.1, -0.05) is 12.1 Å².